The molecule has 0 aromatic heterocycles. The number of benzene rings is 1. The summed E-state index contributed by atoms with van der Waals surface area (Å²) < 4.78 is 5.47. The Labute approximate surface area is 148 Å². The lowest BCUT2D eigenvalue weighted by molar-refractivity contribution is 0.0861. The minimum absolute atomic E-state index is 0.0108. The van der Waals surface area contributed by atoms with E-state index in [2.05, 4.69) is 36.2 Å². The van der Waals surface area contributed by atoms with E-state index in [1.807, 2.05) is 30.7 Å². The Morgan fingerprint density at radius 1 is 1.43 bits per heavy atom. The van der Waals surface area contributed by atoms with Gasteiger partial charge in [-0.1, -0.05) is 50.0 Å². The van der Waals surface area contributed by atoms with E-state index in [0.717, 1.165) is 29.7 Å². The molecule has 23 heavy (non-hydrogen) atoms. The SMILES string of the molecule is CCC(C)(CC)N1N=CSC1NC(=S)c1c(C)cccc1OC. The lowest BCUT2D eigenvalue weighted by atomic mass is 9.95. The maximum atomic E-state index is 5.66. The summed E-state index contributed by atoms with van der Waals surface area (Å²) in [4.78, 5) is 0.697. The molecule has 1 atom stereocenters. The van der Waals surface area contributed by atoms with Gasteiger partial charge < -0.3 is 10.1 Å². The molecule has 1 heterocycles. The van der Waals surface area contributed by atoms with E-state index in [0.29, 0.717) is 4.99 Å². The van der Waals surface area contributed by atoms with Crippen molar-refractivity contribution < 1.29 is 4.74 Å². The highest BCUT2D eigenvalue weighted by atomic mass is 32.2. The highest BCUT2D eigenvalue weighted by molar-refractivity contribution is 8.12. The van der Waals surface area contributed by atoms with Crippen molar-refractivity contribution in [3.05, 3.63) is 29.3 Å². The number of rotatable bonds is 6. The number of thioether (sulfide) groups is 1. The molecule has 0 bridgehead atoms. The average Bonchev–Trinajstić information content (AvgIpc) is 3.02. The van der Waals surface area contributed by atoms with Crippen molar-refractivity contribution in [3.63, 3.8) is 0 Å². The number of aryl methyl sites for hydroxylation is 1. The number of ether oxygens (including phenoxy) is 1. The summed E-state index contributed by atoms with van der Waals surface area (Å²) in [6.45, 7) is 8.68. The van der Waals surface area contributed by atoms with Crippen molar-refractivity contribution in [3.8, 4) is 5.75 Å². The Kier molecular flexibility index (Phi) is 5.92. The first-order chi connectivity index (χ1) is 11.0. The van der Waals surface area contributed by atoms with Gasteiger partial charge in [0.05, 0.1) is 23.8 Å². The predicted molar refractivity (Wildman–Crippen MR) is 103 cm³/mol. The van der Waals surface area contributed by atoms with Crippen molar-refractivity contribution in [1.29, 1.82) is 0 Å². The van der Waals surface area contributed by atoms with Crippen molar-refractivity contribution in [1.82, 2.24) is 10.3 Å². The van der Waals surface area contributed by atoms with Crippen molar-refractivity contribution in [2.24, 2.45) is 5.10 Å². The zero-order valence-corrected chi connectivity index (χ0v) is 16.1. The van der Waals surface area contributed by atoms with Gasteiger partial charge in [0.25, 0.3) is 0 Å². The van der Waals surface area contributed by atoms with Gasteiger partial charge in [-0.25, -0.2) is 0 Å². The monoisotopic (exact) mass is 351 g/mol. The maximum Gasteiger partial charge on any atom is 0.170 e. The fourth-order valence-corrected chi connectivity index (χ4v) is 3.96. The van der Waals surface area contributed by atoms with E-state index in [1.165, 1.54) is 0 Å². The van der Waals surface area contributed by atoms with Gasteiger partial charge >= 0.3 is 0 Å². The third kappa shape index (κ3) is 3.63. The van der Waals surface area contributed by atoms with Gasteiger partial charge in [0, 0.05) is 0 Å². The van der Waals surface area contributed by atoms with Crippen LogP contribution in [0.25, 0.3) is 0 Å². The van der Waals surface area contributed by atoms with Gasteiger partial charge in [-0.05, 0) is 38.3 Å². The minimum Gasteiger partial charge on any atom is -0.496 e. The average molecular weight is 352 g/mol. The first-order valence-corrected chi connectivity index (χ1v) is 9.23. The first-order valence-electron chi connectivity index (χ1n) is 7.88. The van der Waals surface area contributed by atoms with Gasteiger partial charge in [0.15, 0.2) is 5.50 Å². The Morgan fingerprint density at radius 2 is 2.13 bits per heavy atom. The molecule has 1 N–H and O–H groups in total. The molecule has 126 valence electrons. The molecule has 1 aliphatic heterocycles. The second-order valence-electron chi connectivity index (χ2n) is 5.88. The fraction of sp³-hybridized carbons (Fsp3) is 0.529. The quantitative estimate of drug-likeness (QED) is 0.780. The molecule has 0 saturated heterocycles. The Morgan fingerprint density at radius 3 is 2.74 bits per heavy atom. The molecule has 2 rings (SSSR count). The van der Waals surface area contributed by atoms with E-state index < -0.39 is 0 Å². The lowest BCUT2D eigenvalue weighted by Crippen LogP contribution is -2.51. The molecule has 1 unspecified atom stereocenters. The molecule has 0 radical (unpaired) electrons. The first kappa shape index (κ1) is 18.1. The summed E-state index contributed by atoms with van der Waals surface area (Å²) in [6.07, 6.45) is 2.06. The highest BCUT2D eigenvalue weighted by Gasteiger charge is 2.36. The minimum atomic E-state index is 0.0108. The number of thiocarbonyl (C=S) groups is 1. The maximum absolute atomic E-state index is 5.66. The summed E-state index contributed by atoms with van der Waals surface area (Å²) in [5.74, 6) is 0.798. The number of methoxy groups -OCH3 is 1. The number of hydrogen-bond donors (Lipinski definition) is 1. The summed E-state index contributed by atoms with van der Waals surface area (Å²) in [5.41, 5.74) is 3.97. The number of hydrazone groups is 1. The van der Waals surface area contributed by atoms with Crippen LogP contribution in [-0.2, 0) is 0 Å². The number of hydrogen-bond acceptors (Lipinski definition) is 5. The molecule has 0 amide bonds. The Hall–Kier alpha value is -1.27. The van der Waals surface area contributed by atoms with Crippen LogP contribution in [-0.4, -0.2) is 33.7 Å². The third-order valence-corrected chi connectivity index (χ3v) is 5.71. The molecule has 6 heteroatoms. The van der Waals surface area contributed by atoms with Crippen LogP contribution in [0, 0.1) is 6.92 Å². The molecule has 1 aromatic carbocycles. The summed E-state index contributed by atoms with van der Waals surface area (Å²) in [5, 5.41) is 10.1. The summed E-state index contributed by atoms with van der Waals surface area (Å²) in [6, 6.07) is 5.96. The second-order valence-corrected chi connectivity index (χ2v) is 7.22. The van der Waals surface area contributed by atoms with Crippen LogP contribution in [0.4, 0.5) is 0 Å². The van der Waals surface area contributed by atoms with Crippen LogP contribution in [0.15, 0.2) is 23.3 Å². The molecular weight excluding hydrogens is 326 g/mol. The summed E-state index contributed by atoms with van der Waals surface area (Å²) in [7, 11) is 1.67. The van der Waals surface area contributed by atoms with E-state index >= 15 is 0 Å². The largest absolute Gasteiger partial charge is 0.496 e. The van der Waals surface area contributed by atoms with Crippen molar-refractivity contribution in [2.75, 3.05) is 7.11 Å². The Balaban J connectivity index is 2.21. The zero-order valence-electron chi connectivity index (χ0n) is 14.4. The molecule has 4 nitrogen and oxygen atoms in total. The van der Waals surface area contributed by atoms with Crippen molar-refractivity contribution in [2.45, 2.75) is 51.6 Å². The molecule has 1 aromatic rings. The van der Waals surface area contributed by atoms with Crippen LogP contribution in [0.3, 0.4) is 0 Å². The van der Waals surface area contributed by atoms with Crippen molar-refractivity contribution >= 4 is 34.5 Å². The zero-order chi connectivity index (χ0) is 17.0. The van der Waals surface area contributed by atoms with Crippen LogP contribution in [0.5, 0.6) is 5.75 Å². The van der Waals surface area contributed by atoms with Gasteiger partial charge in [-0.2, -0.15) is 5.10 Å². The smallest absolute Gasteiger partial charge is 0.170 e. The molecule has 0 fully saturated rings. The Bertz CT molecular complexity index is 600. The highest BCUT2D eigenvalue weighted by Crippen LogP contribution is 2.33. The van der Waals surface area contributed by atoms with Gasteiger partial charge in [0.2, 0.25) is 0 Å². The molecule has 1 aliphatic rings. The second kappa shape index (κ2) is 7.53. The van der Waals surface area contributed by atoms with E-state index in [1.54, 1.807) is 18.9 Å². The van der Waals surface area contributed by atoms with E-state index in [-0.39, 0.29) is 11.0 Å². The number of nitrogens with one attached hydrogen (secondary N) is 1. The number of nitrogens with zero attached hydrogens (tertiary/aromatic N) is 2. The molecule has 0 saturated carbocycles. The predicted octanol–water partition coefficient (Wildman–Crippen LogP) is 4.12. The van der Waals surface area contributed by atoms with Crippen LogP contribution in [0.1, 0.15) is 44.7 Å². The lowest BCUT2D eigenvalue weighted by Gasteiger charge is -2.40. The van der Waals surface area contributed by atoms with E-state index in [9.17, 15) is 0 Å². The van der Waals surface area contributed by atoms with Crippen LogP contribution >= 0.6 is 24.0 Å². The van der Waals surface area contributed by atoms with Gasteiger partial charge in [0.1, 0.15) is 10.7 Å². The van der Waals surface area contributed by atoms with Crippen LogP contribution in [0.2, 0.25) is 0 Å². The molecular formula is C17H25N3OS2. The normalized spacial score (nSPS) is 17.4. The standard InChI is InChI=1S/C17H25N3OS2/c1-6-17(4,7-2)20-16(23-11-18-20)19-15(22)14-12(3)9-8-10-13(14)21-5/h8-11,16H,6-7H2,1-5H3,(H,19,22). The van der Waals surface area contributed by atoms with Gasteiger partial charge in [-0.15, -0.1) is 0 Å². The van der Waals surface area contributed by atoms with Gasteiger partial charge in [-0.3, -0.25) is 5.01 Å². The fourth-order valence-electron chi connectivity index (χ4n) is 2.63. The van der Waals surface area contributed by atoms with E-state index in [4.69, 9.17) is 17.0 Å². The summed E-state index contributed by atoms with van der Waals surface area (Å²) >= 11 is 7.31. The van der Waals surface area contributed by atoms with Crippen LogP contribution < -0.4 is 10.1 Å². The molecule has 0 spiro atoms. The molecule has 0 aliphatic carbocycles. The third-order valence-electron chi connectivity index (χ3n) is 4.60. The topological polar surface area (TPSA) is 36.9 Å².